The number of hydrogen-bond donors (Lipinski definition) is 3. The number of aromatic nitrogens is 3. The van der Waals surface area contributed by atoms with E-state index in [0.717, 1.165) is 13.0 Å². The van der Waals surface area contributed by atoms with Gasteiger partial charge in [0.25, 0.3) is 0 Å². The number of H-pyrrole nitrogens is 1. The van der Waals surface area contributed by atoms with Crippen LogP contribution < -0.4 is 10.6 Å². The minimum absolute atomic E-state index is 0.00231. The molecule has 0 radical (unpaired) electrons. The molecule has 1 saturated heterocycles. The second-order valence-corrected chi connectivity index (χ2v) is 4.35. The Kier molecular flexibility index (Phi) is 4.66. The van der Waals surface area contributed by atoms with Gasteiger partial charge in [0, 0.05) is 6.04 Å². The van der Waals surface area contributed by atoms with Crippen LogP contribution in [0.25, 0.3) is 0 Å². The highest BCUT2D eigenvalue weighted by atomic mass is 16.5. The third-order valence-corrected chi connectivity index (χ3v) is 2.97. The summed E-state index contributed by atoms with van der Waals surface area (Å²) in [6.07, 6.45) is 2.47. The van der Waals surface area contributed by atoms with Crippen molar-refractivity contribution in [2.45, 2.75) is 25.9 Å². The second-order valence-electron chi connectivity index (χ2n) is 4.35. The fourth-order valence-electron chi connectivity index (χ4n) is 1.96. The molecular formula is C11H19N5O2. The molecule has 2 heterocycles. The van der Waals surface area contributed by atoms with Crippen LogP contribution in [-0.4, -0.2) is 46.9 Å². The first-order valence-corrected chi connectivity index (χ1v) is 6.24. The fourth-order valence-corrected chi connectivity index (χ4v) is 1.96. The molecule has 2 unspecified atom stereocenters. The lowest BCUT2D eigenvalue weighted by molar-refractivity contribution is -0.125. The Labute approximate surface area is 106 Å². The maximum Gasteiger partial charge on any atom is 0.227 e. The van der Waals surface area contributed by atoms with Gasteiger partial charge in [0.15, 0.2) is 0 Å². The van der Waals surface area contributed by atoms with Gasteiger partial charge in [-0.05, 0) is 13.0 Å². The van der Waals surface area contributed by atoms with Crippen molar-refractivity contribution in [2.24, 2.45) is 5.92 Å². The third kappa shape index (κ3) is 3.27. The fraction of sp³-hybridized carbons (Fsp3) is 0.727. The van der Waals surface area contributed by atoms with E-state index in [1.54, 1.807) is 0 Å². The van der Waals surface area contributed by atoms with Crippen LogP contribution >= 0.6 is 0 Å². The molecule has 0 spiro atoms. The molecule has 1 amide bonds. The molecule has 18 heavy (non-hydrogen) atoms. The zero-order valence-electron chi connectivity index (χ0n) is 10.5. The van der Waals surface area contributed by atoms with Crippen molar-refractivity contribution in [3.8, 4) is 0 Å². The van der Waals surface area contributed by atoms with Gasteiger partial charge in [0.1, 0.15) is 12.2 Å². The summed E-state index contributed by atoms with van der Waals surface area (Å²) in [6, 6.07) is 0.111. The summed E-state index contributed by atoms with van der Waals surface area (Å²) in [5.41, 5.74) is 0. The molecule has 1 fully saturated rings. The topological polar surface area (TPSA) is 91.9 Å². The molecule has 1 aliphatic heterocycles. The van der Waals surface area contributed by atoms with E-state index < -0.39 is 0 Å². The van der Waals surface area contributed by atoms with E-state index in [1.165, 1.54) is 6.33 Å². The molecule has 3 N–H and O–H groups in total. The SMILES string of the molecule is CCCNC1COCC1C(=O)NCc1ncn[nH]1. The minimum atomic E-state index is -0.125. The molecule has 1 aromatic heterocycles. The maximum absolute atomic E-state index is 12.0. The van der Waals surface area contributed by atoms with Gasteiger partial charge in [-0.3, -0.25) is 9.89 Å². The standard InChI is InChI=1S/C11H19N5O2/c1-2-3-12-9-6-18-5-8(9)11(17)13-4-10-14-7-15-16-10/h7-9,12H,2-6H2,1H3,(H,13,17)(H,14,15,16). The summed E-state index contributed by atoms with van der Waals surface area (Å²) in [5, 5.41) is 12.6. The highest BCUT2D eigenvalue weighted by Gasteiger charge is 2.33. The van der Waals surface area contributed by atoms with Crippen molar-refractivity contribution in [3.63, 3.8) is 0 Å². The molecule has 2 atom stereocenters. The lowest BCUT2D eigenvalue weighted by atomic mass is 10.0. The van der Waals surface area contributed by atoms with E-state index in [9.17, 15) is 4.79 Å². The minimum Gasteiger partial charge on any atom is -0.379 e. The molecule has 7 heteroatoms. The molecule has 1 aromatic rings. The number of nitrogens with zero attached hydrogens (tertiary/aromatic N) is 2. The van der Waals surface area contributed by atoms with E-state index in [1.807, 2.05) is 0 Å². The Morgan fingerprint density at radius 3 is 3.22 bits per heavy atom. The smallest absolute Gasteiger partial charge is 0.227 e. The Hall–Kier alpha value is -1.47. The molecular weight excluding hydrogens is 234 g/mol. The Bertz CT molecular complexity index is 368. The number of rotatable bonds is 6. The van der Waals surface area contributed by atoms with Gasteiger partial charge in [-0.15, -0.1) is 0 Å². The van der Waals surface area contributed by atoms with E-state index in [-0.39, 0.29) is 17.9 Å². The van der Waals surface area contributed by atoms with Crippen LogP contribution in [0.2, 0.25) is 0 Å². The van der Waals surface area contributed by atoms with E-state index in [2.05, 4.69) is 32.7 Å². The van der Waals surface area contributed by atoms with E-state index in [4.69, 9.17) is 4.74 Å². The van der Waals surface area contributed by atoms with Crippen molar-refractivity contribution in [2.75, 3.05) is 19.8 Å². The molecule has 0 bridgehead atoms. The molecule has 1 aliphatic rings. The first-order chi connectivity index (χ1) is 8.81. The Morgan fingerprint density at radius 2 is 2.50 bits per heavy atom. The first-order valence-electron chi connectivity index (χ1n) is 6.24. The van der Waals surface area contributed by atoms with Crippen LogP contribution in [-0.2, 0) is 16.1 Å². The zero-order chi connectivity index (χ0) is 12.8. The normalized spacial score (nSPS) is 23.2. The van der Waals surface area contributed by atoms with Crippen molar-refractivity contribution in [1.29, 1.82) is 0 Å². The van der Waals surface area contributed by atoms with Gasteiger partial charge in [-0.2, -0.15) is 5.10 Å². The van der Waals surface area contributed by atoms with Crippen molar-refractivity contribution in [3.05, 3.63) is 12.2 Å². The maximum atomic E-state index is 12.0. The number of nitrogens with one attached hydrogen (secondary N) is 3. The van der Waals surface area contributed by atoms with Gasteiger partial charge in [0.2, 0.25) is 5.91 Å². The van der Waals surface area contributed by atoms with Gasteiger partial charge < -0.3 is 15.4 Å². The first kappa shape index (κ1) is 13.0. The van der Waals surface area contributed by atoms with Gasteiger partial charge in [0.05, 0.1) is 25.7 Å². The van der Waals surface area contributed by atoms with Gasteiger partial charge in [-0.1, -0.05) is 6.92 Å². The largest absolute Gasteiger partial charge is 0.379 e. The highest BCUT2D eigenvalue weighted by Crippen LogP contribution is 2.14. The molecule has 0 aromatic carbocycles. The summed E-state index contributed by atoms with van der Waals surface area (Å²) in [7, 11) is 0. The lowest BCUT2D eigenvalue weighted by Crippen LogP contribution is -2.44. The predicted molar refractivity (Wildman–Crippen MR) is 64.6 cm³/mol. The monoisotopic (exact) mass is 253 g/mol. The average molecular weight is 253 g/mol. The number of aromatic amines is 1. The van der Waals surface area contributed by atoms with Crippen LogP contribution in [0, 0.1) is 5.92 Å². The van der Waals surface area contributed by atoms with Crippen molar-refractivity contribution < 1.29 is 9.53 Å². The van der Waals surface area contributed by atoms with Crippen molar-refractivity contribution >= 4 is 5.91 Å². The molecule has 100 valence electrons. The van der Waals surface area contributed by atoms with Crippen molar-refractivity contribution in [1.82, 2.24) is 25.8 Å². The Morgan fingerprint density at radius 1 is 1.61 bits per heavy atom. The van der Waals surface area contributed by atoms with Crippen LogP contribution in [0.3, 0.4) is 0 Å². The summed E-state index contributed by atoms with van der Waals surface area (Å²) >= 11 is 0. The summed E-state index contributed by atoms with van der Waals surface area (Å²) < 4.78 is 5.37. The van der Waals surface area contributed by atoms with Crippen LogP contribution in [0.15, 0.2) is 6.33 Å². The van der Waals surface area contributed by atoms with Crippen LogP contribution in [0.1, 0.15) is 19.2 Å². The number of ether oxygens (including phenoxy) is 1. The number of amides is 1. The lowest BCUT2D eigenvalue weighted by Gasteiger charge is -2.17. The van der Waals surface area contributed by atoms with Crippen LogP contribution in [0.5, 0.6) is 0 Å². The second kappa shape index (κ2) is 6.46. The van der Waals surface area contributed by atoms with Gasteiger partial charge in [-0.25, -0.2) is 4.98 Å². The number of carbonyl (C=O) groups excluding carboxylic acids is 1. The summed E-state index contributed by atoms with van der Waals surface area (Å²) in [6.45, 7) is 4.45. The number of carbonyl (C=O) groups is 1. The summed E-state index contributed by atoms with van der Waals surface area (Å²) in [5.74, 6) is 0.525. The quantitative estimate of drug-likeness (QED) is 0.632. The molecule has 2 rings (SSSR count). The zero-order valence-corrected chi connectivity index (χ0v) is 10.5. The van der Waals surface area contributed by atoms with Gasteiger partial charge >= 0.3 is 0 Å². The number of hydrogen-bond acceptors (Lipinski definition) is 5. The highest BCUT2D eigenvalue weighted by molar-refractivity contribution is 5.79. The van der Waals surface area contributed by atoms with E-state index >= 15 is 0 Å². The molecule has 7 nitrogen and oxygen atoms in total. The van der Waals surface area contributed by atoms with E-state index in [0.29, 0.717) is 25.6 Å². The Balaban J connectivity index is 1.80. The molecule has 0 aliphatic carbocycles. The van der Waals surface area contributed by atoms with Crippen LogP contribution in [0.4, 0.5) is 0 Å². The molecule has 0 saturated carbocycles. The third-order valence-electron chi connectivity index (χ3n) is 2.97. The average Bonchev–Trinajstić information content (AvgIpc) is 3.04. The summed E-state index contributed by atoms with van der Waals surface area (Å²) in [4.78, 5) is 16.0. The predicted octanol–water partition coefficient (Wildman–Crippen LogP) is -0.564.